The molecule has 1 aromatic carbocycles. The lowest BCUT2D eigenvalue weighted by Crippen LogP contribution is -2.13. The van der Waals surface area contributed by atoms with E-state index in [0.717, 1.165) is 11.4 Å². The van der Waals surface area contributed by atoms with Gasteiger partial charge in [0.25, 0.3) is 0 Å². The number of hydrogen-bond donors (Lipinski definition) is 1. The molecule has 2 unspecified atom stereocenters. The molecular formula is C13H20ClN. The average Bonchev–Trinajstić information content (AvgIpc) is 2.18. The molecule has 0 aliphatic carbocycles. The highest BCUT2D eigenvalue weighted by Crippen LogP contribution is 2.22. The van der Waals surface area contributed by atoms with Gasteiger partial charge in [0.1, 0.15) is 0 Å². The molecule has 0 aromatic heterocycles. The molecule has 1 rings (SSSR count). The summed E-state index contributed by atoms with van der Waals surface area (Å²) in [6.45, 7) is 4.48. The van der Waals surface area contributed by atoms with Gasteiger partial charge in [0, 0.05) is 11.1 Å². The minimum atomic E-state index is 0.142. The summed E-state index contributed by atoms with van der Waals surface area (Å²) < 4.78 is 0. The first-order valence-corrected chi connectivity index (χ1v) is 6.02. The Morgan fingerprint density at radius 2 is 1.87 bits per heavy atom. The molecule has 0 spiro atoms. The Morgan fingerprint density at radius 3 is 2.40 bits per heavy atom. The second kappa shape index (κ2) is 6.14. The van der Waals surface area contributed by atoms with Crippen molar-refractivity contribution in [1.82, 2.24) is 0 Å². The summed E-state index contributed by atoms with van der Waals surface area (Å²) in [7, 11) is 0. The SMILES string of the molecule is CCCC(C)CC(N)c1ccc(Cl)cc1. The predicted octanol–water partition coefficient (Wildman–Crippen LogP) is 4.17. The van der Waals surface area contributed by atoms with Crippen molar-refractivity contribution in [2.75, 3.05) is 0 Å². The summed E-state index contributed by atoms with van der Waals surface area (Å²) in [5, 5.41) is 0.771. The highest BCUT2D eigenvalue weighted by molar-refractivity contribution is 6.30. The van der Waals surface area contributed by atoms with Crippen LogP contribution in [0.3, 0.4) is 0 Å². The van der Waals surface area contributed by atoms with Crippen molar-refractivity contribution >= 4 is 11.6 Å². The zero-order valence-electron chi connectivity index (χ0n) is 9.54. The lowest BCUT2D eigenvalue weighted by molar-refractivity contribution is 0.440. The van der Waals surface area contributed by atoms with Gasteiger partial charge in [-0.15, -0.1) is 0 Å². The van der Waals surface area contributed by atoms with Gasteiger partial charge in [0.15, 0.2) is 0 Å². The monoisotopic (exact) mass is 225 g/mol. The molecule has 0 bridgehead atoms. The first-order valence-electron chi connectivity index (χ1n) is 5.64. The van der Waals surface area contributed by atoms with Gasteiger partial charge >= 0.3 is 0 Å². The topological polar surface area (TPSA) is 26.0 Å². The van der Waals surface area contributed by atoms with Crippen LogP contribution in [0, 0.1) is 5.92 Å². The van der Waals surface area contributed by atoms with Crippen LogP contribution in [-0.4, -0.2) is 0 Å². The van der Waals surface area contributed by atoms with Crippen molar-refractivity contribution in [3.05, 3.63) is 34.9 Å². The van der Waals surface area contributed by atoms with Crippen molar-refractivity contribution < 1.29 is 0 Å². The van der Waals surface area contributed by atoms with Gasteiger partial charge in [-0.25, -0.2) is 0 Å². The fourth-order valence-electron chi connectivity index (χ4n) is 1.89. The van der Waals surface area contributed by atoms with Crippen molar-refractivity contribution in [3.8, 4) is 0 Å². The Labute approximate surface area is 97.6 Å². The second-order valence-electron chi connectivity index (χ2n) is 4.29. The summed E-state index contributed by atoms with van der Waals surface area (Å²) in [6, 6.07) is 7.99. The first-order chi connectivity index (χ1) is 7.13. The van der Waals surface area contributed by atoms with Crippen molar-refractivity contribution in [3.63, 3.8) is 0 Å². The average molecular weight is 226 g/mol. The molecule has 1 nitrogen and oxygen atoms in total. The molecular weight excluding hydrogens is 206 g/mol. The van der Waals surface area contributed by atoms with Gasteiger partial charge in [-0.2, -0.15) is 0 Å². The fourth-order valence-corrected chi connectivity index (χ4v) is 2.02. The van der Waals surface area contributed by atoms with E-state index in [1.54, 1.807) is 0 Å². The molecule has 0 saturated carbocycles. The molecule has 2 N–H and O–H groups in total. The Hall–Kier alpha value is -0.530. The summed E-state index contributed by atoms with van der Waals surface area (Å²) in [5.74, 6) is 0.695. The summed E-state index contributed by atoms with van der Waals surface area (Å²) in [5.41, 5.74) is 7.32. The van der Waals surface area contributed by atoms with Crippen LogP contribution < -0.4 is 5.73 Å². The Kier molecular flexibility index (Phi) is 5.13. The van der Waals surface area contributed by atoms with E-state index < -0.39 is 0 Å². The maximum atomic E-state index is 6.13. The van der Waals surface area contributed by atoms with Gasteiger partial charge in [-0.05, 0) is 30.0 Å². The minimum Gasteiger partial charge on any atom is -0.324 e. The lowest BCUT2D eigenvalue weighted by Gasteiger charge is -2.17. The maximum Gasteiger partial charge on any atom is 0.0406 e. The van der Waals surface area contributed by atoms with Crippen molar-refractivity contribution in [2.24, 2.45) is 11.7 Å². The molecule has 0 radical (unpaired) electrons. The van der Waals surface area contributed by atoms with Gasteiger partial charge < -0.3 is 5.73 Å². The van der Waals surface area contributed by atoms with Gasteiger partial charge in [-0.1, -0.05) is 50.4 Å². The number of nitrogens with two attached hydrogens (primary N) is 1. The molecule has 0 saturated heterocycles. The van der Waals surface area contributed by atoms with E-state index >= 15 is 0 Å². The fraction of sp³-hybridized carbons (Fsp3) is 0.538. The molecule has 2 heteroatoms. The molecule has 2 atom stereocenters. The molecule has 0 fully saturated rings. The number of hydrogen-bond acceptors (Lipinski definition) is 1. The van der Waals surface area contributed by atoms with Gasteiger partial charge in [-0.3, -0.25) is 0 Å². The molecule has 15 heavy (non-hydrogen) atoms. The van der Waals surface area contributed by atoms with E-state index in [1.807, 2.05) is 24.3 Å². The molecule has 0 heterocycles. The number of halogens is 1. The predicted molar refractivity (Wildman–Crippen MR) is 67.1 cm³/mol. The third kappa shape index (κ3) is 4.23. The van der Waals surface area contributed by atoms with Crippen LogP contribution in [0.4, 0.5) is 0 Å². The van der Waals surface area contributed by atoms with E-state index in [9.17, 15) is 0 Å². The smallest absolute Gasteiger partial charge is 0.0406 e. The minimum absolute atomic E-state index is 0.142. The summed E-state index contributed by atoms with van der Waals surface area (Å²) >= 11 is 5.83. The van der Waals surface area contributed by atoms with Crippen LogP contribution >= 0.6 is 11.6 Å². The van der Waals surface area contributed by atoms with E-state index in [1.165, 1.54) is 18.4 Å². The molecule has 0 aliphatic heterocycles. The zero-order chi connectivity index (χ0) is 11.3. The zero-order valence-corrected chi connectivity index (χ0v) is 10.3. The van der Waals surface area contributed by atoms with Crippen molar-refractivity contribution in [1.29, 1.82) is 0 Å². The molecule has 1 aromatic rings. The normalized spacial score (nSPS) is 14.9. The quantitative estimate of drug-likeness (QED) is 0.800. The maximum absolute atomic E-state index is 6.13. The van der Waals surface area contributed by atoms with Gasteiger partial charge in [0.05, 0.1) is 0 Å². The second-order valence-corrected chi connectivity index (χ2v) is 4.72. The third-order valence-electron chi connectivity index (χ3n) is 2.74. The van der Waals surface area contributed by atoms with E-state index in [2.05, 4.69) is 13.8 Å². The Morgan fingerprint density at radius 1 is 1.27 bits per heavy atom. The highest BCUT2D eigenvalue weighted by atomic mass is 35.5. The highest BCUT2D eigenvalue weighted by Gasteiger charge is 2.10. The molecule has 0 amide bonds. The van der Waals surface area contributed by atoms with Gasteiger partial charge in [0.2, 0.25) is 0 Å². The number of benzene rings is 1. The Balaban J connectivity index is 2.53. The van der Waals surface area contributed by atoms with Crippen LogP contribution in [0.15, 0.2) is 24.3 Å². The number of rotatable bonds is 5. The molecule has 0 aliphatic rings. The van der Waals surface area contributed by atoms with Crippen LogP contribution in [0.25, 0.3) is 0 Å². The van der Waals surface area contributed by atoms with E-state index in [4.69, 9.17) is 17.3 Å². The largest absolute Gasteiger partial charge is 0.324 e. The summed E-state index contributed by atoms with van der Waals surface area (Å²) in [4.78, 5) is 0. The third-order valence-corrected chi connectivity index (χ3v) is 2.99. The van der Waals surface area contributed by atoms with Crippen molar-refractivity contribution in [2.45, 2.75) is 39.2 Å². The lowest BCUT2D eigenvalue weighted by atomic mass is 9.94. The molecule has 84 valence electrons. The van der Waals surface area contributed by atoms with Crippen LogP contribution in [0.5, 0.6) is 0 Å². The van der Waals surface area contributed by atoms with Crippen LogP contribution in [0.1, 0.15) is 44.7 Å². The van der Waals surface area contributed by atoms with Crippen LogP contribution in [0.2, 0.25) is 5.02 Å². The van der Waals surface area contributed by atoms with E-state index in [-0.39, 0.29) is 6.04 Å². The first kappa shape index (κ1) is 12.5. The van der Waals surface area contributed by atoms with E-state index in [0.29, 0.717) is 5.92 Å². The standard InChI is InChI=1S/C13H20ClN/c1-3-4-10(2)9-13(15)11-5-7-12(14)8-6-11/h5-8,10,13H,3-4,9,15H2,1-2H3. The Bertz CT molecular complexity index is 281. The summed E-state index contributed by atoms with van der Waals surface area (Å²) in [6.07, 6.45) is 3.53. The van der Waals surface area contributed by atoms with Crippen LogP contribution in [-0.2, 0) is 0 Å².